The van der Waals surface area contributed by atoms with Gasteiger partial charge in [-0.05, 0) is 71.4 Å². The van der Waals surface area contributed by atoms with Crippen molar-refractivity contribution in [2.75, 3.05) is 46.4 Å². The average molecular weight is 636 g/mol. The summed E-state index contributed by atoms with van der Waals surface area (Å²) in [5.74, 6) is 0.614. The van der Waals surface area contributed by atoms with Crippen molar-refractivity contribution in [2.24, 2.45) is 17.8 Å². The van der Waals surface area contributed by atoms with Crippen molar-refractivity contribution in [1.29, 1.82) is 0 Å². The van der Waals surface area contributed by atoms with Crippen LogP contribution in [0.25, 0.3) is 0 Å². The molecule has 1 N–H and O–H groups in total. The highest BCUT2D eigenvalue weighted by Crippen LogP contribution is 2.50. The first-order valence-corrected chi connectivity index (χ1v) is 16.8. The summed E-state index contributed by atoms with van der Waals surface area (Å²) in [5, 5.41) is 3.30. The van der Waals surface area contributed by atoms with Crippen LogP contribution in [0.15, 0.2) is 48.5 Å². The quantitative estimate of drug-likeness (QED) is 0.272. The number of ether oxygens (including phenoxy) is 3. The van der Waals surface area contributed by atoms with Crippen LogP contribution in [0, 0.1) is 17.8 Å². The van der Waals surface area contributed by atoms with Gasteiger partial charge in [0, 0.05) is 63.0 Å². The molecular weight excluding hydrogens is 582 g/mol. The van der Waals surface area contributed by atoms with Crippen LogP contribution < -0.4 is 10.1 Å². The summed E-state index contributed by atoms with van der Waals surface area (Å²) in [5.41, 5.74) is 0.842. The zero-order valence-electron chi connectivity index (χ0n) is 28.8. The highest BCUT2D eigenvalue weighted by Gasteiger charge is 2.44. The fourth-order valence-electron chi connectivity index (χ4n) is 6.79. The minimum absolute atomic E-state index is 0.0239. The van der Waals surface area contributed by atoms with Gasteiger partial charge in [-0.15, -0.1) is 0 Å². The molecule has 252 valence electrons. The lowest BCUT2D eigenvalue weighted by Gasteiger charge is -2.42. The predicted molar refractivity (Wildman–Crippen MR) is 179 cm³/mol. The van der Waals surface area contributed by atoms with Crippen LogP contribution in [-0.4, -0.2) is 79.7 Å². The molecule has 0 aliphatic carbocycles. The zero-order chi connectivity index (χ0) is 33.5. The van der Waals surface area contributed by atoms with Crippen molar-refractivity contribution in [3.05, 3.63) is 59.7 Å². The molecule has 1 saturated heterocycles. The summed E-state index contributed by atoms with van der Waals surface area (Å²) in [4.78, 5) is 44.6. The molecule has 2 atom stereocenters. The number of carbonyl (C=O) groups is 3. The van der Waals surface area contributed by atoms with E-state index in [2.05, 4.69) is 31.3 Å². The van der Waals surface area contributed by atoms with E-state index in [9.17, 15) is 14.4 Å². The third-order valence-corrected chi connectivity index (χ3v) is 8.89. The van der Waals surface area contributed by atoms with Crippen LogP contribution in [0.1, 0.15) is 78.4 Å². The summed E-state index contributed by atoms with van der Waals surface area (Å²) in [7, 11) is 1.71. The van der Waals surface area contributed by atoms with E-state index in [1.807, 2.05) is 69.0 Å². The van der Waals surface area contributed by atoms with Crippen LogP contribution in [0.4, 0.5) is 4.79 Å². The Morgan fingerprint density at radius 1 is 1.00 bits per heavy atom. The largest absolute Gasteiger partial charge is 0.457 e. The Kier molecular flexibility index (Phi) is 11.8. The van der Waals surface area contributed by atoms with Crippen molar-refractivity contribution in [3.63, 3.8) is 0 Å². The number of nitrogens with one attached hydrogen (secondary N) is 1. The highest BCUT2D eigenvalue weighted by atomic mass is 16.6. The molecule has 1 fully saturated rings. The molecule has 9 nitrogen and oxygen atoms in total. The monoisotopic (exact) mass is 635 g/mol. The lowest BCUT2D eigenvalue weighted by atomic mass is 9.69. The fourth-order valence-corrected chi connectivity index (χ4v) is 6.79. The van der Waals surface area contributed by atoms with Gasteiger partial charge in [-0.2, -0.15) is 0 Å². The predicted octanol–water partition coefficient (Wildman–Crippen LogP) is 6.39. The normalized spacial score (nSPS) is 18.7. The molecule has 0 unspecified atom stereocenters. The lowest BCUT2D eigenvalue weighted by Crippen LogP contribution is -2.54. The maximum atomic E-state index is 14.2. The zero-order valence-corrected chi connectivity index (χ0v) is 28.8. The molecule has 2 heterocycles. The summed E-state index contributed by atoms with van der Waals surface area (Å²) in [6, 6.07) is 16.1. The van der Waals surface area contributed by atoms with Gasteiger partial charge in [0.25, 0.3) is 0 Å². The summed E-state index contributed by atoms with van der Waals surface area (Å²) in [6.07, 6.45) is 2.43. The molecule has 3 amide bonds. The molecule has 2 aromatic carbocycles. The number of methoxy groups -OCH3 is 1. The minimum atomic E-state index is -0.697. The molecule has 46 heavy (non-hydrogen) atoms. The molecule has 0 bridgehead atoms. The van der Waals surface area contributed by atoms with Gasteiger partial charge in [-0.25, -0.2) is 4.79 Å². The van der Waals surface area contributed by atoms with E-state index >= 15 is 0 Å². The van der Waals surface area contributed by atoms with Crippen LogP contribution >= 0.6 is 0 Å². The topological polar surface area (TPSA) is 97.4 Å². The SMILES string of the molecule is CCN(CC(C)C)C(=O)[C@@H]1C[C@H](C(=O)NCC2(CCCCOC)c3ccccc3Oc3ccccc32)CN(C(=O)OC(C)(C)C)C1. The average Bonchev–Trinajstić information content (AvgIpc) is 3.02. The molecule has 4 rings (SSSR count). The van der Waals surface area contributed by atoms with Gasteiger partial charge >= 0.3 is 6.09 Å². The van der Waals surface area contributed by atoms with Gasteiger partial charge in [0.15, 0.2) is 0 Å². The first-order valence-electron chi connectivity index (χ1n) is 16.8. The second-order valence-corrected chi connectivity index (χ2v) is 14.1. The van der Waals surface area contributed by atoms with Gasteiger partial charge in [-0.1, -0.05) is 50.2 Å². The minimum Gasteiger partial charge on any atom is -0.457 e. The Labute approximate surface area is 274 Å². The molecule has 0 aromatic heterocycles. The first-order chi connectivity index (χ1) is 21.9. The second kappa shape index (κ2) is 15.3. The first kappa shape index (κ1) is 35.3. The number of amides is 3. The van der Waals surface area contributed by atoms with Gasteiger partial charge in [0.2, 0.25) is 11.8 Å². The Morgan fingerprint density at radius 3 is 2.17 bits per heavy atom. The van der Waals surface area contributed by atoms with Crippen LogP contribution in [0.5, 0.6) is 11.5 Å². The van der Waals surface area contributed by atoms with Crippen molar-refractivity contribution in [2.45, 2.75) is 78.2 Å². The Hall–Kier alpha value is -3.59. The number of benzene rings is 2. The van der Waals surface area contributed by atoms with Crippen molar-refractivity contribution in [3.8, 4) is 11.5 Å². The molecule has 2 aliphatic rings. The van der Waals surface area contributed by atoms with E-state index in [1.165, 1.54) is 0 Å². The summed E-state index contributed by atoms with van der Waals surface area (Å²) >= 11 is 0. The van der Waals surface area contributed by atoms with Crippen molar-refractivity contribution < 1.29 is 28.6 Å². The van der Waals surface area contributed by atoms with E-state index in [4.69, 9.17) is 14.2 Å². The molecular formula is C37H53N3O6. The number of nitrogens with zero attached hydrogens (tertiary/aromatic N) is 2. The maximum Gasteiger partial charge on any atom is 0.410 e. The summed E-state index contributed by atoms with van der Waals surface area (Å²) < 4.78 is 17.4. The van der Waals surface area contributed by atoms with E-state index in [0.717, 1.165) is 41.9 Å². The number of likely N-dealkylation sites (tertiary alicyclic amines) is 1. The number of unbranched alkanes of at least 4 members (excludes halogenated alkanes) is 1. The number of para-hydroxylation sites is 2. The second-order valence-electron chi connectivity index (χ2n) is 14.1. The van der Waals surface area contributed by atoms with Gasteiger partial charge in [0.05, 0.1) is 11.8 Å². The van der Waals surface area contributed by atoms with Gasteiger partial charge < -0.3 is 29.3 Å². The van der Waals surface area contributed by atoms with E-state index in [-0.39, 0.29) is 24.9 Å². The molecule has 0 radical (unpaired) electrons. The van der Waals surface area contributed by atoms with E-state index in [0.29, 0.717) is 38.6 Å². The molecule has 0 spiro atoms. The smallest absolute Gasteiger partial charge is 0.410 e. The number of fused-ring (bicyclic) bond motifs is 2. The number of carbonyl (C=O) groups excluding carboxylic acids is 3. The molecule has 2 aromatic rings. The fraction of sp³-hybridized carbons (Fsp3) is 0.595. The van der Waals surface area contributed by atoms with Crippen LogP contribution in [0.2, 0.25) is 0 Å². The Bertz CT molecular complexity index is 1310. The van der Waals surface area contributed by atoms with Crippen LogP contribution in [0.3, 0.4) is 0 Å². The Morgan fingerprint density at radius 2 is 1.61 bits per heavy atom. The van der Waals surface area contributed by atoms with Gasteiger partial charge in [0.1, 0.15) is 17.1 Å². The third-order valence-electron chi connectivity index (χ3n) is 8.89. The maximum absolute atomic E-state index is 14.2. The van der Waals surface area contributed by atoms with Crippen molar-refractivity contribution >= 4 is 17.9 Å². The number of hydrogen-bond donors (Lipinski definition) is 1. The Balaban J connectivity index is 1.63. The van der Waals surface area contributed by atoms with Crippen molar-refractivity contribution in [1.82, 2.24) is 15.1 Å². The molecule has 0 saturated carbocycles. The third kappa shape index (κ3) is 8.41. The van der Waals surface area contributed by atoms with Crippen LogP contribution in [-0.2, 0) is 24.5 Å². The number of piperidine rings is 1. The standard InChI is InChI=1S/C37H53N3O6/c1-8-39(22-26(2)3)34(42)28-21-27(23-40(24-28)35(43)46-36(4,5)6)33(41)38-25-37(19-13-14-20-44-7)29-15-9-11-17-31(29)45-32-18-12-10-16-30(32)37/h9-12,15-18,26-28H,8,13-14,19-25H2,1-7H3,(H,38,41)/t27-,28+/m0/s1. The van der Waals surface area contributed by atoms with Gasteiger partial charge in [-0.3, -0.25) is 9.59 Å². The summed E-state index contributed by atoms with van der Waals surface area (Å²) in [6.45, 7) is 14.2. The highest BCUT2D eigenvalue weighted by molar-refractivity contribution is 5.84. The van der Waals surface area contributed by atoms with E-state index in [1.54, 1.807) is 12.0 Å². The number of hydrogen-bond acceptors (Lipinski definition) is 6. The molecule has 9 heteroatoms. The lowest BCUT2D eigenvalue weighted by molar-refractivity contribution is -0.139. The molecule has 2 aliphatic heterocycles. The van der Waals surface area contributed by atoms with E-state index < -0.39 is 28.9 Å². The number of rotatable bonds is 12.